The molecule has 0 atom stereocenters. The second-order valence-corrected chi connectivity index (χ2v) is 8.37. The lowest BCUT2D eigenvalue weighted by Crippen LogP contribution is -2.32. The highest BCUT2D eigenvalue weighted by Gasteiger charge is 2.50. The lowest BCUT2D eigenvalue weighted by molar-refractivity contribution is 0.436. The molecule has 1 aromatic heterocycles. The number of benzene rings is 4. The van der Waals surface area contributed by atoms with Crippen LogP contribution in [0, 0.1) is 0 Å². The molecule has 0 unspecified atom stereocenters. The summed E-state index contributed by atoms with van der Waals surface area (Å²) in [5.74, 6) is 1.83. The summed E-state index contributed by atoms with van der Waals surface area (Å²) in [7, 11) is 0. The smallest absolute Gasteiger partial charge is 0.132 e. The van der Waals surface area contributed by atoms with Gasteiger partial charge in [0.1, 0.15) is 11.5 Å². The second-order valence-electron chi connectivity index (χ2n) is 8.37. The molecule has 0 bridgehead atoms. The molecule has 1 aliphatic heterocycles. The van der Waals surface area contributed by atoms with Crippen LogP contribution in [0.5, 0.6) is 11.5 Å². The number of nitrogens with zero attached hydrogens (tertiary/aromatic N) is 1. The summed E-state index contributed by atoms with van der Waals surface area (Å²) in [5.41, 5.74) is 9.18. The van der Waals surface area contributed by atoms with E-state index in [2.05, 4.69) is 89.9 Å². The first-order valence-electron chi connectivity index (χ1n) is 10.9. The number of hydrogen-bond donors (Lipinski definition) is 0. The average molecular weight is 409 g/mol. The highest BCUT2D eigenvalue weighted by Crippen LogP contribution is 2.62. The summed E-state index contributed by atoms with van der Waals surface area (Å²) in [6, 6.07) is 38.5. The Balaban J connectivity index is 1.64. The molecule has 2 heteroatoms. The molecule has 0 saturated carbocycles. The minimum absolute atomic E-state index is 0.428. The van der Waals surface area contributed by atoms with Gasteiger partial charge in [-0.05, 0) is 52.6 Å². The van der Waals surface area contributed by atoms with E-state index in [0.29, 0.717) is 0 Å². The zero-order chi connectivity index (χ0) is 21.1. The highest BCUT2D eigenvalue weighted by atomic mass is 16.5. The predicted octanol–water partition coefficient (Wildman–Crippen LogP) is 7.22. The molecule has 0 amide bonds. The third kappa shape index (κ3) is 2.16. The van der Waals surface area contributed by atoms with Crippen molar-refractivity contribution in [2.24, 2.45) is 0 Å². The largest absolute Gasteiger partial charge is 0.457 e. The zero-order valence-corrected chi connectivity index (χ0v) is 17.3. The van der Waals surface area contributed by atoms with Gasteiger partial charge in [-0.1, -0.05) is 78.9 Å². The molecule has 1 aliphatic carbocycles. The van der Waals surface area contributed by atoms with Crippen LogP contribution in [0.25, 0.3) is 22.4 Å². The van der Waals surface area contributed by atoms with Crippen LogP contribution in [-0.4, -0.2) is 4.98 Å². The molecule has 32 heavy (non-hydrogen) atoms. The van der Waals surface area contributed by atoms with Crippen LogP contribution in [-0.2, 0) is 5.41 Å². The Labute approximate surface area is 186 Å². The number of para-hydroxylation sites is 2. The van der Waals surface area contributed by atoms with E-state index in [0.717, 1.165) is 22.8 Å². The summed E-state index contributed by atoms with van der Waals surface area (Å²) < 4.78 is 6.40. The molecule has 1 spiro atoms. The van der Waals surface area contributed by atoms with Crippen LogP contribution in [0.1, 0.15) is 22.3 Å². The first-order chi connectivity index (χ1) is 15.9. The van der Waals surface area contributed by atoms with E-state index in [1.165, 1.54) is 33.4 Å². The Bertz CT molecular complexity index is 1460. The quantitative estimate of drug-likeness (QED) is 0.286. The highest BCUT2D eigenvalue weighted by molar-refractivity contribution is 5.90. The maximum Gasteiger partial charge on any atom is 0.132 e. The van der Waals surface area contributed by atoms with E-state index in [4.69, 9.17) is 4.74 Å². The Kier molecular flexibility index (Phi) is 3.51. The van der Waals surface area contributed by atoms with Gasteiger partial charge < -0.3 is 4.74 Å². The molecule has 5 aromatic rings. The molecule has 0 N–H and O–H groups in total. The topological polar surface area (TPSA) is 22.1 Å². The van der Waals surface area contributed by atoms with Crippen molar-refractivity contribution in [3.63, 3.8) is 0 Å². The van der Waals surface area contributed by atoms with Crippen molar-refractivity contribution >= 4 is 0 Å². The lowest BCUT2D eigenvalue weighted by atomic mass is 9.66. The van der Waals surface area contributed by atoms with Gasteiger partial charge in [0.15, 0.2) is 0 Å². The maximum absolute atomic E-state index is 6.40. The van der Waals surface area contributed by atoms with Gasteiger partial charge in [-0.3, -0.25) is 4.98 Å². The minimum Gasteiger partial charge on any atom is -0.457 e. The zero-order valence-electron chi connectivity index (χ0n) is 17.3. The molecule has 2 heterocycles. The van der Waals surface area contributed by atoms with Gasteiger partial charge in [-0.25, -0.2) is 0 Å². The van der Waals surface area contributed by atoms with Gasteiger partial charge >= 0.3 is 0 Å². The first-order valence-corrected chi connectivity index (χ1v) is 10.9. The summed E-state index contributed by atoms with van der Waals surface area (Å²) in [6.07, 6.45) is 1.85. The normalized spacial score (nSPS) is 14.1. The monoisotopic (exact) mass is 409 g/mol. The number of fused-ring (bicyclic) bond motifs is 9. The first kappa shape index (κ1) is 17.5. The average Bonchev–Trinajstić information content (AvgIpc) is 3.15. The summed E-state index contributed by atoms with van der Waals surface area (Å²) in [6.45, 7) is 0. The molecular weight excluding hydrogens is 390 g/mol. The van der Waals surface area contributed by atoms with Crippen molar-refractivity contribution in [1.82, 2.24) is 4.98 Å². The molecule has 2 aliphatic rings. The van der Waals surface area contributed by atoms with Crippen LogP contribution in [0.2, 0.25) is 0 Å². The second kappa shape index (κ2) is 6.41. The van der Waals surface area contributed by atoms with Crippen LogP contribution in [0.3, 0.4) is 0 Å². The van der Waals surface area contributed by atoms with Crippen LogP contribution in [0.15, 0.2) is 115 Å². The standard InChI is InChI=1S/C30H19NO/c1-2-10-23-21(9-1)22-17-16-20(27-13-7-8-18-31-27)19-26(22)30(23)24-11-3-5-14-28(24)32-29-15-6-4-12-25(29)30/h1-19H. The van der Waals surface area contributed by atoms with Gasteiger partial charge in [-0.15, -0.1) is 0 Å². The summed E-state index contributed by atoms with van der Waals surface area (Å²) in [5, 5.41) is 0. The van der Waals surface area contributed by atoms with Gasteiger partial charge in [0.2, 0.25) is 0 Å². The number of rotatable bonds is 1. The fraction of sp³-hybridized carbons (Fsp3) is 0.0333. The number of aromatic nitrogens is 1. The summed E-state index contributed by atoms with van der Waals surface area (Å²) >= 11 is 0. The molecule has 0 radical (unpaired) electrons. The van der Waals surface area contributed by atoms with Crippen molar-refractivity contribution < 1.29 is 4.74 Å². The van der Waals surface area contributed by atoms with E-state index in [1.54, 1.807) is 0 Å². The molecular formula is C30H19NO. The Hall–Kier alpha value is -4.17. The Morgan fingerprint density at radius 3 is 1.88 bits per heavy atom. The van der Waals surface area contributed by atoms with Gasteiger partial charge in [0.25, 0.3) is 0 Å². The van der Waals surface area contributed by atoms with E-state index in [1.807, 2.05) is 30.5 Å². The van der Waals surface area contributed by atoms with Crippen LogP contribution >= 0.6 is 0 Å². The van der Waals surface area contributed by atoms with Crippen molar-refractivity contribution in [3.05, 3.63) is 138 Å². The maximum atomic E-state index is 6.40. The van der Waals surface area contributed by atoms with Gasteiger partial charge in [0.05, 0.1) is 11.1 Å². The molecule has 150 valence electrons. The van der Waals surface area contributed by atoms with Crippen LogP contribution in [0.4, 0.5) is 0 Å². The van der Waals surface area contributed by atoms with E-state index < -0.39 is 5.41 Å². The molecule has 0 fully saturated rings. The van der Waals surface area contributed by atoms with Gasteiger partial charge in [0, 0.05) is 22.9 Å². The van der Waals surface area contributed by atoms with E-state index in [9.17, 15) is 0 Å². The van der Waals surface area contributed by atoms with Crippen molar-refractivity contribution in [2.75, 3.05) is 0 Å². The Morgan fingerprint density at radius 1 is 0.531 bits per heavy atom. The molecule has 2 nitrogen and oxygen atoms in total. The fourth-order valence-electron chi connectivity index (χ4n) is 5.55. The minimum atomic E-state index is -0.428. The fourth-order valence-corrected chi connectivity index (χ4v) is 5.55. The SMILES string of the molecule is c1ccc(-c2ccc3c(c2)C2(c4ccccc4Oc4ccccc42)c2ccccc2-3)nc1. The van der Waals surface area contributed by atoms with E-state index >= 15 is 0 Å². The third-order valence-corrected chi connectivity index (χ3v) is 6.81. The molecule has 0 saturated heterocycles. The molecule has 4 aromatic carbocycles. The van der Waals surface area contributed by atoms with Gasteiger partial charge in [-0.2, -0.15) is 0 Å². The summed E-state index contributed by atoms with van der Waals surface area (Å²) in [4.78, 5) is 4.62. The van der Waals surface area contributed by atoms with Crippen LogP contribution < -0.4 is 4.74 Å². The number of pyridine rings is 1. The number of hydrogen-bond acceptors (Lipinski definition) is 2. The lowest BCUT2D eigenvalue weighted by Gasteiger charge is -2.39. The third-order valence-electron chi connectivity index (χ3n) is 6.81. The van der Waals surface area contributed by atoms with E-state index in [-0.39, 0.29) is 0 Å². The molecule has 7 rings (SSSR count). The van der Waals surface area contributed by atoms with Crippen molar-refractivity contribution in [1.29, 1.82) is 0 Å². The predicted molar refractivity (Wildman–Crippen MR) is 127 cm³/mol. The Morgan fingerprint density at radius 2 is 1.16 bits per heavy atom. The van der Waals surface area contributed by atoms with Crippen molar-refractivity contribution in [3.8, 4) is 33.9 Å². The van der Waals surface area contributed by atoms with Crippen molar-refractivity contribution in [2.45, 2.75) is 5.41 Å². The number of ether oxygens (including phenoxy) is 1.